The Kier molecular flexibility index (Phi) is 6.54. The number of nitrogens with one attached hydrogen (secondary N) is 1. The van der Waals surface area contributed by atoms with E-state index in [4.69, 9.17) is 23.2 Å². The summed E-state index contributed by atoms with van der Waals surface area (Å²) in [4.78, 5) is 13.7. The lowest BCUT2D eigenvalue weighted by Gasteiger charge is -2.37. The smallest absolute Gasteiger partial charge is 0.307 e. The molecule has 1 aliphatic rings. The molecule has 1 aliphatic heterocycles. The molecule has 0 bridgehead atoms. The average Bonchev–Trinajstić information content (AvgIpc) is 2.61. The molecule has 2 aromatic rings. The van der Waals surface area contributed by atoms with E-state index in [1.807, 2.05) is 48.5 Å². The normalized spacial score (nSPS) is 20.3. The predicted molar refractivity (Wildman–Crippen MR) is 105 cm³/mol. The van der Waals surface area contributed by atoms with E-state index < -0.39 is 5.97 Å². The number of halogens is 2. The van der Waals surface area contributed by atoms with Gasteiger partial charge in [-0.15, -0.1) is 0 Å². The number of carboxylic acids is 1. The Morgan fingerprint density at radius 2 is 1.62 bits per heavy atom. The molecule has 0 unspecified atom stereocenters. The lowest BCUT2D eigenvalue weighted by atomic mass is 9.94. The molecule has 6 heteroatoms. The molecule has 3 rings (SSSR count). The zero-order valence-corrected chi connectivity index (χ0v) is 15.9. The Balaban J connectivity index is 1.81. The van der Waals surface area contributed by atoms with Crippen LogP contribution in [0.2, 0.25) is 10.0 Å². The number of carbonyl (C=O) groups is 1. The summed E-state index contributed by atoms with van der Waals surface area (Å²) >= 11 is 12.3. The number of aliphatic carboxylic acids is 1. The average molecular weight is 393 g/mol. The molecule has 0 spiro atoms. The highest BCUT2D eigenvalue weighted by Gasteiger charge is 2.30. The van der Waals surface area contributed by atoms with Crippen molar-refractivity contribution in [3.63, 3.8) is 0 Å². The Bertz CT molecular complexity index is 721. The first-order valence-corrected chi connectivity index (χ1v) is 9.43. The summed E-state index contributed by atoms with van der Waals surface area (Å²) in [5.41, 5.74) is 2.22. The second-order valence-corrected chi connectivity index (χ2v) is 7.62. The van der Waals surface area contributed by atoms with E-state index in [1.165, 1.54) is 0 Å². The SMILES string of the molecule is O=C(O)[C@@H]1CNC[C@H](N(Cc2cccc(Cl)c2)Cc2cccc(Cl)c2)C1. The van der Waals surface area contributed by atoms with Crippen LogP contribution in [-0.2, 0) is 17.9 Å². The van der Waals surface area contributed by atoms with Gasteiger partial charge in [-0.05, 0) is 41.8 Å². The number of benzene rings is 2. The number of hydrogen-bond donors (Lipinski definition) is 2. The Labute approximate surface area is 163 Å². The first-order chi connectivity index (χ1) is 12.5. The third-order valence-electron chi connectivity index (χ3n) is 4.74. The second-order valence-electron chi connectivity index (χ2n) is 6.75. The Morgan fingerprint density at radius 1 is 1.04 bits per heavy atom. The molecule has 0 radical (unpaired) electrons. The van der Waals surface area contributed by atoms with E-state index in [1.54, 1.807) is 0 Å². The van der Waals surface area contributed by atoms with Gasteiger partial charge < -0.3 is 10.4 Å². The molecule has 1 saturated heterocycles. The van der Waals surface area contributed by atoms with Gasteiger partial charge in [0.1, 0.15) is 0 Å². The summed E-state index contributed by atoms with van der Waals surface area (Å²) in [6, 6.07) is 15.7. The van der Waals surface area contributed by atoms with Crippen LogP contribution in [0, 0.1) is 5.92 Å². The molecule has 1 fully saturated rings. The van der Waals surface area contributed by atoms with Gasteiger partial charge in [-0.3, -0.25) is 9.69 Å². The summed E-state index contributed by atoms with van der Waals surface area (Å²) in [7, 11) is 0. The monoisotopic (exact) mass is 392 g/mol. The first-order valence-electron chi connectivity index (χ1n) is 8.67. The van der Waals surface area contributed by atoms with Crippen LogP contribution in [0.25, 0.3) is 0 Å². The van der Waals surface area contributed by atoms with Gasteiger partial charge in [0.15, 0.2) is 0 Å². The van der Waals surface area contributed by atoms with Gasteiger partial charge in [-0.25, -0.2) is 0 Å². The fourth-order valence-electron chi connectivity index (χ4n) is 3.44. The van der Waals surface area contributed by atoms with E-state index in [9.17, 15) is 9.90 Å². The zero-order chi connectivity index (χ0) is 18.5. The molecular formula is C20H22Cl2N2O2. The van der Waals surface area contributed by atoms with E-state index in [2.05, 4.69) is 10.2 Å². The van der Waals surface area contributed by atoms with Crippen LogP contribution in [0.4, 0.5) is 0 Å². The molecule has 0 amide bonds. The van der Waals surface area contributed by atoms with E-state index in [-0.39, 0.29) is 12.0 Å². The standard InChI is InChI=1S/C20H22Cl2N2O2/c21-17-5-1-3-14(7-17)12-24(13-15-4-2-6-18(22)8-15)19-9-16(20(25)26)10-23-11-19/h1-8,16,19,23H,9-13H2,(H,25,26)/t16-,19+/m0/s1. The molecule has 26 heavy (non-hydrogen) atoms. The molecule has 2 atom stereocenters. The zero-order valence-electron chi connectivity index (χ0n) is 14.4. The van der Waals surface area contributed by atoms with Gasteiger partial charge in [-0.1, -0.05) is 47.5 Å². The predicted octanol–water partition coefficient (Wildman–Crippen LogP) is 4.06. The van der Waals surface area contributed by atoms with Crippen molar-refractivity contribution in [2.45, 2.75) is 25.6 Å². The van der Waals surface area contributed by atoms with Crippen LogP contribution in [-0.4, -0.2) is 35.1 Å². The van der Waals surface area contributed by atoms with E-state index in [0.29, 0.717) is 36.1 Å². The topological polar surface area (TPSA) is 52.6 Å². The third kappa shape index (κ3) is 5.21. The minimum absolute atomic E-state index is 0.128. The van der Waals surface area contributed by atoms with Gasteiger partial charge in [0, 0.05) is 42.3 Å². The molecule has 0 saturated carbocycles. The minimum Gasteiger partial charge on any atom is -0.481 e. The maximum absolute atomic E-state index is 11.4. The highest BCUT2D eigenvalue weighted by Crippen LogP contribution is 2.23. The van der Waals surface area contributed by atoms with E-state index >= 15 is 0 Å². The number of rotatable bonds is 6. The number of piperidine rings is 1. The molecule has 2 N–H and O–H groups in total. The highest BCUT2D eigenvalue weighted by molar-refractivity contribution is 6.30. The first kappa shape index (κ1) is 19.2. The van der Waals surface area contributed by atoms with Crippen molar-refractivity contribution in [3.8, 4) is 0 Å². The quantitative estimate of drug-likeness (QED) is 0.777. The Hall–Kier alpha value is -1.59. The lowest BCUT2D eigenvalue weighted by molar-refractivity contribution is -0.143. The maximum Gasteiger partial charge on any atom is 0.307 e. The van der Waals surface area contributed by atoms with Gasteiger partial charge in [0.05, 0.1) is 5.92 Å². The van der Waals surface area contributed by atoms with Crippen molar-refractivity contribution in [2.24, 2.45) is 5.92 Å². The lowest BCUT2D eigenvalue weighted by Crippen LogP contribution is -2.50. The van der Waals surface area contributed by atoms with Crippen molar-refractivity contribution < 1.29 is 9.90 Å². The molecule has 0 aliphatic carbocycles. The fourth-order valence-corrected chi connectivity index (χ4v) is 3.87. The van der Waals surface area contributed by atoms with Crippen molar-refractivity contribution in [2.75, 3.05) is 13.1 Å². The van der Waals surface area contributed by atoms with Crippen LogP contribution in [0.3, 0.4) is 0 Å². The molecule has 0 aromatic heterocycles. The number of nitrogens with zero attached hydrogens (tertiary/aromatic N) is 1. The number of carboxylic acid groups (broad SMARTS) is 1. The van der Waals surface area contributed by atoms with Gasteiger partial charge in [-0.2, -0.15) is 0 Å². The van der Waals surface area contributed by atoms with Gasteiger partial charge >= 0.3 is 5.97 Å². The van der Waals surface area contributed by atoms with Crippen LogP contribution < -0.4 is 5.32 Å². The minimum atomic E-state index is -0.743. The summed E-state index contributed by atoms with van der Waals surface area (Å²) in [5.74, 6) is -1.11. The third-order valence-corrected chi connectivity index (χ3v) is 5.21. The molecule has 4 nitrogen and oxygen atoms in total. The van der Waals surface area contributed by atoms with E-state index in [0.717, 1.165) is 17.7 Å². The molecule has 1 heterocycles. The maximum atomic E-state index is 11.4. The molecular weight excluding hydrogens is 371 g/mol. The van der Waals surface area contributed by atoms with Crippen molar-refractivity contribution in [1.82, 2.24) is 10.2 Å². The summed E-state index contributed by atoms with van der Waals surface area (Å²) in [5, 5.41) is 14.1. The largest absolute Gasteiger partial charge is 0.481 e. The number of hydrogen-bond acceptors (Lipinski definition) is 3. The van der Waals surface area contributed by atoms with Gasteiger partial charge in [0.25, 0.3) is 0 Å². The molecule has 2 aromatic carbocycles. The fraction of sp³-hybridized carbons (Fsp3) is 0.350. The van der Waals surface area contributed by atoms with Crippen molar-refractivity contribution in [1.29, 1.82) is 0 Å². The van der Waals surface area contributed by atoms with Crippen molar-refractivity contribution in [3.05, 3.63) is 69.7 Å². The summed E-state index contributed by atoms with van der Waals surface area (Å²) < 4.78 is 0. The second kappa shape index (κ2) is 8.87. The summed E-state index contributed by atoms with van der Waals surface area (Å²) in [6.07, 6.45) is 0.628. The summed E-state index contributed by atoms with van der Waals surface area (Å²) in [6.45, 7) is 2.69. The molecule has 138 valence electrons. The van der Waals surface area contributed by atoms with Crippen LogP contribution in [0.5, 0.6) is 0 Å². The van der Waals surface area contributed by atoms with Crippen LogP contribution in [0.15, 0.2) is 48.5 Å². The van der Waals surface area contributed by atoms with Crippen molar-refractivity contribution >= 4 is 29.2 Å². The highest BCUT2D eigenvalue weighted by atomic mass is 35.5. The van der Waals surface area contributed by atoms with Crippen LogP contribution in [0.1, 0.15) is 17.5 Å². The Morgan fingerprint density at radius 3 is 2.12 bits per heavy atom. The van der Waals surface area contributed by atoms with Gasteiger partial charge in [0.2, 0.25) is 0 Å². The van der Waals surface area contributed by atoms with Crippen LogP contribution >= 0.6 is 23.2 Å².